The number of rotatable bonds is 14. The number of hydrogen-bond acceptors (Lipinski definition) is 8. The molecule has 3 N–H and O–H groups in total. The van der Waals surface area contributed by atoms with Gasteiger partial charge in [-0.2, -0.15) is 0 Å². The van der Waals surface area contributed by atoms with Crippen molar-refractivity contribution in [3.63, 3.8) is 0 Å². The van der Waals surface area contributed by atoms with E-state index in [2.05, 4.69) is 31.8 Å². The van der Waals surface area contributed by atoms with Gasteiger partial charge in [0, 0.05) is 29.6 Å². The van der Waals surface area contributed by atoms with E-state index in [0.717, 1.165) is 10.0 Å². The minimum absolute atomic E-state index is 0.0476. The maximum atomic E-state index is 13.5. The van der Waals surface area contributed by atoms with Crippen LogP contribution in [0, 0.1) is 0 Å². The third kappa shape index (κ3) is 7.91. The fourth-order valence-corrected chi connectivity index (χ4v) is 5.74. The molecule has 9 nitrogen and oxygen atoms in total. The van der Waals surface area contributed by atoms with Crippen LogP contribution in [-0.4, -0.2) is 63.0 Å². The number of benzene rings is 3. The zero-order valence-corrected chi connectivity index (χ0v) is 24.3. The lowest BCUT2D eigenvalue weighted by atomic mass is 9.98. The molecule has 1 aliphatic heterocycles. The number of nitrogens with zero attached hydrogens (tertiary/aromatic N) is 1. The molecule has 0 saturated carbocycles. The molecular formula is C29H32BrN3O6S. The Balaban J connectivity index is 1.47. The lowest BCUT2D eigenvalue weighted by Crippen LogP contribution is -2.52. The molecule has 0 aliphatic carbocycles. The number of carbonyl (C=O) groups excluding carboxylic acids is 1. The smallest absolute Gasteiger partial charge is 0.265 e. The Hall–Kier alpha value is -3.25. The number of aliphatic imine (C=N–C) groups is 1. The van der Waals surface area contributed by atoms with Gasteiger partial charge in [0.2, 0.25) is 5.90 Å². The van der Waals surface area contributed by atoms with Gasteiger partial charge < -0.3 is 14.6 Å². The second kappa shape index (κ2) is 13.9. The Bertz CT molecular complexity index is 1400. The Kier molecular flexibility index (Phi) is 10.3. The van der Waals surface area contributed by atoms with Crippen LogP contribution in [0.1, 0.15) is 24.0 Å². The predicted molar refractivity (Wildman–Crippen MR) is 156 cm³/mol. The largest absolute Gasteiger partial charge is 0.494 e. The molecule has 0 aromatic heterocycles. The zero-order chi connectivity index (χ0) is 28.4. The first kappa shape index (κ1) is 29.7. The number of hydrazine groups is 1. The molecule has 1 heterocycles. The summed E-state index contributed by atoms with van der Waals surface area (Å²) in [5.41, 5.74) is 5.96. The minimum atomic E-state index is -3.65. The summed E-state index contributed by atoms with van der Waals surface area (Å²) in [7, 11) is -3.65. The predicted octanol–water partition coefficient (Wildman–Crippen LogP) is 3.45. The Morgan fingerprint density at radius 1 is 1.05 bits per heavy atom. The average Bonchev–Trinajstić information content (AvgIpc) is 3.42. The highest BCUT2D eigenvalue weighted by Gasteiger charge is 2.45. The van der Waals surface area contributed by atoms with Crippen molar-refractivity contribution in [2.45, 2.75) is 29.7 Å². The van der Waals surface area contributed by atoms with Crippen molar-refractivity contribution in [1.82, 2.24) is 10.9 Å². The maximum absolute atomic E-state index is 13.5. The van der Waals surface area contributed by atoms with Crippen LogP contribution in [0.4, 0.5) is 0 Å². The number of aliphatic hydroxyl groups excluding tert-OH is 1. The van der Waals surface area contributed by atoms with E-state index in [9.17, 15) is 13.2 Å². The first-order valence-corrected chi connectivity index (χ1v) is 15.4. The van der Waals surface area contributed by atoms with Crippen molar-refractivity contribution >= 4 is 37.6 Å². The van der Waals surface area contributed by atoms with Crippen LogP contribution in [0.15, 0.2) is 93.2 Å². The molecule has 0 radical (unpaired) electrons. The second-order valence-electron chi connectivity index (χ2n) is 9.33. The van der Waals surface area contributed by atoms with Gasteiger partial charge in [-0.25, -0.2) is 18.8 Å². The molecule has 1 amide bonds. The molecule has 212 valence electrons. The molecule has 1 atom stereocenters. The van der Waals surface area contributed by atoms with Crippen LogP contribution in [0.2, 0.25) is 0 Å². The van der Waals surface area contributed by atoms with Gasteiger partial charge in [-0.05, 0) is 66.9 Å². The first-order chi connectivity index (χ1) is 19.3. The van der Waals surface area contributed by atoms with Gasteiger partial charge in [0.25, 0.3) is 5.91 Å². The number of nitrogens with one attached hydrogen (secondary N) is 2. The second-order valence-corrected chi connectivity index (χ2v) is 12.4. The third-order valence-electron chi connectivity index (χ3n) is 6.40. The van der Waals surface area contributed by atoms with E-state index in [-0.39, 0.29) is 36.2 Å². The van der Waals surface area contributed by atoms with Gasteiger partial charge in [-0.15, -0.1) is 0 Å². The van der Waals surface area contributed by atoms with E-state index in [1.165, 1.54) is 12.1 Å². The molecule has 3 aromatic rings. The van der Waals surface area contributed by atoms with Gasteiger partial charge >= 0.3 is 0 Å². The molecule has 0 bridgehead atoms. The molecule has 4 rings (SSSR count). The quantitative estimate of drug-likeness (QED) is 0.184. The highest BCUT2D eigenvalue weighted by molar-refractivity contribution is 9.10. The van der Waals surface area contributed by atoms with Crippen molar-refractivity contribution in [3.8, 4) is 5.75 Å². The van der Waals surface area contributed by atoms with Crippen molar-refractivity contribution in [2.75, 3.05) is 32.1 Å². The van der Waals surface area contributed by atoms with Crippen LogP contribution in [-0.2, 0) is 25.8 Å². The summed E-state index contributed by atoms with van der Waals surface area (Å²) in [4.78, 5) is 18.3. The van der Waals surface area contributed by atoms with Gasteiger partial charge in [-0.3, -0.25) is 10.2 Å². The van der Waals surface area contributed by atoms with Crippen LogP contribution < -0.4 is 15.6 Å². The molecule has 0 unspecified atom stereocenters. The van der Waals surface area contributed by atoms with E-state index in [0.29, 0.717) is 37.3 Å². The highest BCUT2D eigenvalue weighted by atomic mass is 79.9. The summed E-state index contributed by atoms with van der Waals surface area (Å²) in [5, 5.41) is 8.93. The van der Waals surface area contributed by atoms with E-state index in [1.807, 2.05) is 24.3 Å². The van der Waals surface area contributed by atoms with Crippen molar-refractivity contribution < 1.29 is 27.8 Å². The lowest BCUT2D eigenvalue weighted by Gasteiger charge is -2.23. The zero-order valence-electron chi connectivity index (χ0n) is 21.9. The highest BCUT2D eigenvalue weighted by Crippen LogP contribution is 2.28. The maximum Gasteiger partial charge on any atom is 0.265 e. The summed E-state index contributed by atoms with van der Waals surface area (Å²) < 4.78 is 38.5. The van der Waals surface area contributed by atoms with Crippen molar-refractivity contribution in [2.24, 2.45) is 4.99 Å². The van der Waals surface area contributed by atoms with E-state index in [4.69, 9.17) is 14.6 Å². The van der Waals surface area contributed by atoms with Gasteiger partial charge in [-0.1, -0.05) is 46.3 Å². The molecule has 11 heteroatoms. The van der Waals surface area contributed by atoms with Crippen LogP contribution >= 0.6 is 15.9 Å². The van der Waals surface area contributed by atoms with Gasteiger partial charge in [0.05, 0.1) is 17.3 Å². The van der Waals surface area contributed by atoms with Gasteiger partial charge in [0.15, 0.2) is 15.4 Å². The number of sulfone groups is 1. The molecule has 0 spiro atoms. The van der Waals surface area contributed by atoms with Crippen LogP contribution in [0.25, 0.3) is 0 Å². The Labute approximate surface area is 242 Å². The normalized spacial score (nSPS) is 16.7. The Morgan fingerprint density at radius 3 is 2.48 bits per heavy atom. The van der Waals surface area contributed by atoms with E-state index in [1.54, 1.807) is 42.5 Å². The summed E-state index contributed by atoms with van der Waals surface area (Å²) in [6.45, 7) is 0.815. The summed E-state index contributed by atoms with van der Waals surface area (Å²) in [5.74, 6) is 0.138. The molecule has 0 saturated heterocycles. The SMILES string of the molecule is O=C(NNCCc1ccc(Br)cc1)[C@]1(CCS(=O)(=O)c2ccccc2)COC(c2ccc(OCCCO)cc2)=N1. The molecule has 3 aromatic carbocycles. The number of halogens is 1. The topological polar surface area (TPSA) is 126 Å². The summed E-state index contributed by atoms with van der Waals surface area (Å²) in [6.07, 6.45) is 1.15. The number of carbonyl (C=O) groups is 1. The van der Waals surface area contributed by atoms with E-state index < -0.39 is 21.3 Å². The number of amides is 1. The standard InChI is InChI=1S/C29H32BrN3O6S/c30-24-11-7-22(8-12-24)15-17-31-33-28(35)29(16-20-40(36,37)26-5-2-1-3-6-26)21-39-27(32-29)23-9-13-25(14-10-23)38-19-4-18-34/h1-3,5-14,31,34H,4,15-21H2,(H,33,35)/t29-/m0/s1. The molecular weight excluding hydrogens is 598 g/mol. The first-order valence-electron chi connectivity index (χ1n) is 12.9. The fourth-order valence-electron chi connectivity index (χ4n) is 4.07. The molecule has 0 fully saturated rings. The third-order valence-corrected chi connectivity index (χ3v) is 8.66. The number of ether oxygens (including phenoxy) is 2. The summed E-state index contributed by atoms with van der Waals surface area (Å²) in [6, 6.07) is 23.1. The van der Waals surface area contributed by atoms with Crippen LogP contribution in [0.5, 0.6) is 5.75 Å². The van der Waals surface area contributed by atoms with E-state index >= 15 is 0 Å². The number of aliphatic hydroxyl groups is 1. The van der Waals surface area contributed by atoms with Crippen molar-refractivity contribution in [3.05, 3.63) is 94.5 Å². The molecule has 40 heavy (non-hydrogen) atoms. The number of hydrogen-bond donors (Lipinski definition) is 3. The summed E-state index contributed by atoms with van der Waals surface area (Å²) >= 11 is 3.42. The van der Waals surface area contributed by atoms with Gasteiger partial charge in [0.1, 0.15) is 12.4 Å². The minimum Gasteiger partial charge on any atom is -0.494 e. The monoisotopic (exact) mass is 629 g/mol. The average molecular weight is 631 g/mol. The lowest BCUT2D eigenvalue weighted by molar-refractivity contribution is -0.127. The Morgan fingerprint density at radius 2 is 1.77 bits per heavy atom. The van der Waals surface area contributed by atoms with Crippen LogP contribution in [0.3, 0.4) is 0 Å². The fraction of sp³-hybridized carbons (Fsp3) is 0.310. The molecule has 1 aliphatic rings. The van der Waals surface area contributed by atoms with Crippen molar-refractivity contribution in [1.29, 1.82) is 0 Å².